The number of phenolic OH excluding ortho intramolecular Hbond substituents is 1. The monoisotopic (exact) mass is 529 g/mol. The van der Waals surface area contributed by atoms with Crippen LogP contribution in [0.3, 0.4) is 0 Å². The zero-order valence-corrected chi connectivity index (χ0v) is 21.5. The van der Waals surface area contributed by atoms with Gasteiger partial charge in [0.2, 0.25) is 11.8 Å². The number of amides is 3. The summed E-state index contributed by atoms with van der Waals surface area (Å²) in [5, 5.41) is 42.8. The highest BCUT2D eigenvalue weighted by atomic mass is 16.4. The van der Waals surface area contributed by atoms with E-state index in [4.69, 9.17) is 10.7 Å². The van der Waals surface area contributed by atoms with Crippen molar-refractivity contribution in [2.24, 2.45) is 0 Å². The van der Waals surface area contributed by atoms with Gasteiger partial charge in [-0.15, -0.1) is 0 Å². The van der Waals surface area contributed by atoms with Crippen molar-refractivity contribution in [3.8, 4) is 22.9 Å². The lowest BCUT2D eigenvalue weighted by atomic mass is 9.94. The van der Waals surface area contributed by atoms with Crippen LogP contribution in [0.5, 0.6) is 5.75 Å². The van der Waals surface area contributed by atoms with E-state index in [0.29, 0.717) is 22.5 Å². The molecule has 0 unspecified atom stereocenters. The Hall–Kier alpha value is -5.50. The summed E-state index contributed by atoms with van der Waals surface area (Å²) in [6.07, 6.45) is 0. The number of aryl methyl sites for hydroxylation is 1. The number of carbonyl (C=O) groups excluding carboxylic acids is 3. The van der Waals surface area contributed by atoms with Crippen LogP contribution >= 0.6 is 0 Å². The smallest absolute Gasteiger partial charge is 0.337 e. The fourth-order valence-corrected chi connectivity index (χ4v) is 3.89. The molecule has 0 aliphatic carbocycles. The van der Waals surface area contributed by atoms with Gasteiger partial charge in [0.1, 0.15) is 11.5 Å². The van der Waals surface area contributed by atoms with Crippen molar-refractivity contribution in [3.63, 3.8) is 0 Å². The molecule has 3 amide bonds. The first kappa shape index (κ1) is 28.1. The summed E-state index contributed by atoms with van der Waals surface area (Å²) in [5.41, 5.74) is 1.37. The number of nitrogens with zero attached hydrogens (tertiary/aromatic N) is 2. The number of nitrogens with one attached hydrogen (secondary N) is 3. The molecule has 200 valence electrons. The lowest BCUT2D eigenvalue weighted by Gasteiger charge is -2.22. The molecule has 39 heavy (non-hydrogen) atoms. The van der Waals surface area contributed by atoms with Crippen molar-refractivity contribution in [3.05, 3.63) is 70.8 Å². The maximum atomic E-state index is 12.9. The van der Waals surface area contributed by atoms with Crippen LogP contribution in [-0.2, 0) is 14.4 Å². The highest BCUT2D eigenvalue weighted by Gasteiger charge is 2.24. The van der Waals surface area contributed by atoms with Crippen LogP contribution in [0.2, 0.25) is 0 Å². The number of rotatable bonds is 7. The molecule has 0 saturated carbocycles. The first-order chi connectivity index (χ1) is 18.3. The number of aromatic carboxylic acids is 1. The van der Waals surface area contributed by atoms with Gasteiger partial charge in [-0.25, -0.2) is 4.79 Å². The third-order valence-corrected chi connectivity index (χ3v) is 5.91. The maximum absolute atomic E-state index is 12.9. The minimum absolute atomic E-state index is 0. The van der Waals surface area contributed by atoms with Crippen LogP contribution in [0.25, 0.3) is 11.1 Å². The van der Waals surface area contributed by atoms with Crippen molar-refractivity contribution in [2.45, 2.75) is 20.8 Å². The van der Waals surface area contributed by atoms with Gasteiger partial charge in [-0.3, -0.25) is 19.8 Å². The number of aromatic hydroxyl groups is 1. The number of carboxylic acid groups (broad SMARTS) is 1. The number of hydrogen-bond donors (Lipinski definition) is 5. The van der Waals surface area contributed by atoms with Gasteiger partial charge in [-0.2, -0.15) is 5.26 Å². The molecule has 0 aliphatic rings. The summed E-state index contributed by atoms with van der Waals surface area (Å²) < 4.78 is 0. The molecular weight excluding hydrogens is 502 g/mol. The van der Waals surface area contributed by atoms with E-state index in [-0.39, 0.29) is 35.6 Å². The van der Waals surface area contributed by atoms with Crippen molar-refractivity contribution in [1.82, 2.24) is 0 Å². The van der Waals surface area contributed by atoms with Gasteiger partial charge in [0.05, 0.1) is 28.6 Å². The third-order valence-electron chi connectivity index (χ3n) is 5.91. The van der Waals surface area contributed by atoms with Crippen LogP contribution in [0, 0.1) is 23.7 Å². The topological polar surface area (TPSA) is 184 Å². The quantitative estimate of drug-likeness (QED) is 0.285. The Labute approximate surface area is 225 Å². The Morgan fingerprint density at radius 3 is 2.23 bits per heavy atom. The molecule has 0 aliphatic heterocycles. The molecular formula is C28H27N5O6. The van der Waals surface area contributed by atoms with E-state index in [1.54, 1.807) is 25.1 Å². The van der Waals surface area contributed by atoms with E-state index in [9.17, 15) is 29.4 Å². The lowest BCUT2D eigenvalue weighted by Crippen LogP contribution is -2.26. The van der Waals surface area contributed by atoms with Crippen molar-refractivity contribution in [2.75, 3.05) is 22.6 Å². The summed E-state index contributed by atoms with van der Waals surface area (Å²) in [6, 6.07) is 13.2. The number of carbonyl (C=O) groups is 4. The molecule has 0 atom stereocenters. The highest BCUT2D eigenvalue weighted by molar-refractivity contribution is 6.48. The molecule has 11 heteroatoms. The molecule has 3 aromatic rings. The molecule has 0 fully saturated rings. The normalized spacial score (nSPS) is 10.2. The minimum Gasteiger partial charge on any atom is -0.507 e. The molecule has 3 rings (SSSR count). The van der Waals surface area contributed by atoms with Crippen LogP contribution in [0.15, 0.2) is 48.5 Å². The molecule has 3 aromatic carbocycles. The van der Waals surface area contributed by atoms with Crippen LogP contribution < -0.4 is 15.5 Å². The van der Waals surface area contributed by atoms with Gasteiger partial charge in [-0.1, -0.05) is 6.07 Å². The van der Waals surface area contributed by atoms with Crippen LogP contribution in [0.1, 0.15) is 42.3 Å². The van der Waals surface area contributed by atoms with E-state index in [2.05, 4.69) is 10.6 Å². The Balaban J connectivity index is 0.00000560. The van der Waals surface area contributed by atoms with Gasteiger partial charge in [-0.05, 0) is 60.5 Å². The molecule has 0 saturated heterocycles. The second kappa shape index (κ2) is 11.3. The van der Waals surface area contributed by atoms with E-state index < -0.39 is 23.3 Å². The van der Waals surface area contributed by atoms with Gasteiger partial charge < -0.3 is 25.7 Å². The summed E-state index contributed by atoms with van der Waals surface area (Å²) in [5.74, 6) is -3.41. The molecule has 0 spiro atoms. The largest absolute Gasteiger partial charge is 0.507 e. The zero-order valence-electron chi connectivity index (χ0n) is 21.5. The first-order valence-corrected chi connectivity index (χ1v) is 11.5. The van der Waals surface area contributed by atoms with E-state index in [0.717, 1.165) is 11.6 Å². The standard InChI is InChI=1S/C28H25N5O6.H2/c1-14-9-18(31-15(2)34)6-7-19(14)20-12-25(36)22(11-24(20)33(4)16(3)35)26(30)27(37)32-23-8-5-17(13-29)10-21(23)28(38)39;/h5-12,30,36H,1-4H3,(H,31,34)(H,32,37)(H,38,39);1H. The SMILES string of the molecule is CC(=O)Nc1ccc(-c2cc(O)c(C(=N)C(=O)Nc3ccc(C#N)cc3C(=O)O)cc2N(C)C(C)=O)c(C)c1.[HH]. The lowest BCUT2D eigenvalue weighted by molar-refractivity contribution is -0.116. The average molecular weight is 530 g/mol. The van der Waals surface area contributed by atoms with Crippen molar-refractivity contribution in [1.29, 1.82) is 10.7 Å². The molecule has 0 bridgehead atoms. The average Bonchev–Trinajstić information content (AvgIpc) is 2.87. The predicted octanol–water partition coefficient (Wildman–Crippen LogP) is 4.13. The molecule has 0 heterocycles. The summed E-state index contributed by atoms with van der Waals surface area (Å²) in [4.78, 5) is 49.5. The fraction of sp³-hybridized carbons (Fsp3) is 0.143. The first-order valence-electron chi connectivity index (χ1n) is 11.5. The Morgan fingerprint density at radius 2 is 1.67 bits per heavy atom. The Bertz CT molecular complexity index is 1590. The molecule has 11 nitrogen and oxygen atoms in total. The van der Waals surface area contributed by atoms with Crippen LogP contribution in [-0.4, -0.2) is 46.7 Å². The second-order valence-electron chi connectivity index (χ2n) is 8.68. The number of nitriles is 1. The van der Waals surface area contributed by atoms with Crippen molar-refractivity contribution >= 4 is 46.5 Å². The second-order valence-corrected chi connectivity index (χ2v) is 8.68. The summed E-state index contributed by atoms with van der Waals surface area (Å²) in [6.45, 7) is 4.50. The van der Waals surface area contributed by atoms with Gasteiger partial charge in [0.25, 0.3) is 5.91 Å². The highest BCUT2D eigenvalue weighted by Crippen LogP contribution is 2.38. The summed E-state index contributed by atoms with van der Waals surface area (Å²) >= 11 is 0. The van der Waals surface area contributed by atoms with Crippen molar-refractivity contribution < 1.29 is 30.8 Å². The number of phenols is 1. The zero-order chi connectivity index (χ0) is 29.0. The van der Waals surface area contributed by atoms with Gasteiger partial charge >= 0.3 is 5.97 Å². The molecule has 0 radical (unpaired) electrons. The Kier molecular flexibility index (Phi) is 8.11. The number of hydrogen-bond acceptors (Lipinski definition) is 7. The number of anilines is 3. The summed E-state index contributed by atoms with van der Waals surface area (Å²) in [7, 11) is 1.50. The minimum atomic E-state index is -1.38. The third kappa shape index (κ3) is 6.08. The molecule has 5 N–H and O–H groups in total. The Morgan fingerprint density at radius 1 is 0.974 bits per heavy atom. The predicted molar refractivity (Wildman–Crippen MR) is 147 cm³/mol. The maximum Gasteiger partial charge on any atom is 0.337 e. The van der Waals surface area contributed by atoms with E-state index >= 15 is 0 Å². The number of benzene rings is 3. The molecule has 0 aromatic heterocycles. The van der Waals surface area contributed by atoms with E-state index in [1.807, 2.05) is 6.07 Å². The van der Waals surface area contributed by atoms with Gasteiger partial charge in [0.15, 0.2) is 0 Å². The van der Waals surface area contributed by atoms with Gasteiger partial charge in [0, 0.05) is 39.1 Å². The fourth-order valence-electron chi connectivity index (χ4n) is 3.89. The number of carboxylic acids is 1. The van der Waals surface area contributed by atoms with E-state index in [1.165, 1.54) is 50.1 Å². The van der Waals surface area contributed by atoms with Crippen LogP contribution in [0.4, 0.5) is 17.1 Å².